The number of nitrogens with zero attached hydrogens (tertiary/aromatic N) is 4. The van der Waals surface area contributed by atoms with Crippen molar-refractivity contribution in [2.75, 3.05) is 33.7 Å². The van der Waals surface area contributed by atoms with Crippen molar-refractivity contribution in [3.63, 3.8) is 0 Å². The number of rotatable bonds is 4. The van der Waals surface area contributed by atoms with Gasteiger partial charge in [-0.1, -0.05) is 41.7 Å². The highest BCUT2D eigenvalue weighted by Gasteiger charge is 2.51. The number of carbonyl (C=O) groups excluding carboxylic acids is 2. The SMILES string of the molecule is COC(=O)OCOC1=C2C(=O)N3CCOC[C@H]3N([C@@H]3c4ccccc4-c4sc(F)nc4-c4c3ccc(F)c4F)N2C=CC1O. The van der Waals surface area contributed by atoms with Crippen LogP contribution < -0.4 is 0 Å². The Morgan fingerprint density at radius 2 is 2.00 bits per heavy atom. The first kappa shape index (κ1) is 28.3. The van der Waals surface area contributed by atoms with Crippen molar-refractivity contribution < 1.29 is 46.8 Å². The number of fused-ring (bicyclic) bond motifs is 7. The standard InChI is InChI=1S/C29H23F3N4O7S/c1-40-29(39)43-13-42-25-18(37)8-9-35-24(25)27(38)34-10-11-41-12-19(34)36(35)23-14-4-2-3-5-15(14)26-22(33-28(32)44-26)20-16(23)6-7-17(30)21(20)31/h2-9,18-19,23,37H,10-13H2,1H3/t18?,19-,23-/m1/s1. The normalized spacial score (nSPS) is 22.4. The minimum absolute atomic E-state index is 0.0383. The summed E-state index contributed by atoms with van der Waals surface area (Å²) in [6, 6.07) is 8.54. The molecule has 4 aliphatic rings. The number of carbonyl (C=O) groups is 2. The number of halogens is 3. The maximum Gasteiger partial charge on any atom is 0.510 e. The molecule has 0 bridgehead atoms. The van der Waals surface area contributed by atoms with E-state index in [4.69, 9.17) is 14.2 Å². The predicted octanol–water partition coefficient (Wildman–Crippen LogP) is 3.87. The van der Waals surface area contributed by atoms with E-state index < -0.39 is 54.1 Å². The van der Waals surface area contributed by atoms with Gasteiger partial charge in [-0.15, -0.1) is 0 Å². The molecule has 2 fully saturated rings. The van der Waals surface area contributed by atoms with Gasteiger partial charge in [-0.2, -0.15) is 9.40 Å². The number of hydrogen-bond acceptors (Lipinski definition) is 11. The summed E-state index contributed by atoms with van der Waals surface area (Å²) >= 11 is 0.717. The van der Waals surface area contributed by atoms with Crippen molar-refractivity contribution >= 4 is 23.4 Å². The lowest BCUT2D eigenvalue weighted by molar-refractivity contribution is -0.191. The van der Waals surface area contributed by atoms with Crippen LogP contribution in [0.4, 0.5) is 18.0 Å². The summed E-state index contributed by atoms with van der Waals surface area (Å²) in [6.45, 7) is -0.218. The zero-order valence-electron chi connectivity index (χ0n) is 22.9. The third-order valence-corrected chi connectivity index (χ3v) is 8.72. The lowest BCUT2D eigenvalue weighted by Gasteiger charge is -2.55. The predicted molar refractivity (Wildman–Crippen MR) is 146 cm³/mol. The second-order valence-corrected chi connectivity index (χ2v) is 11.0. The Morgan fingerprint density at radius 3 is 2.82 bits per heavy atom. The number of amides is 1. The van der Waals surface area contributed by atoms with E-state index in [-0.39, 0.29) is 48.0 Å². The number of aliphatic hydroxyl groups excluding tert-OH is 1. The van der Waals surface area contributed by atoms with E-state index in [0.29, 0.717) is 27.3 Å². The first-order chi connectivity index (χ1) is 21.3. The molecular formula is C29H23F3N4O7S. The summed E-state index contributed by atoms with van der Waals surface area (Å²) in [5, 5.41) is 13.3. The molecule has 3 atom stereocenters. The van der Waals surface area contributed by atoms with Crippen LogP contribution in [0.15, 0.2) is 60.1 Å². The smallest absolute Gasteiger partial charge is 0.456 e. The molecule has 3 aromatic rings. The van der Waals surface area contributed by atoms with Gasteiger partial charge >= 0.3 is 6.16 Å². The number of methoxy groups -OCH3 is 1. The van der Waals surface area contributed by atoms with Crippen molar-refractivity contribution in [3.05, 3.63) is 88.2 Å². The first-order valence-electron chi connectivity index (χ1n) is 13.4. The number of hydrazine groups is 1. The molecule has 1 unspecified atom stereocenters. The molecule has 0 radical (unpaired) electrons. The lowest BCUT2D eigenvalue weighted by atomic mass is 9.92. The molecule has 228 valence electrons. The molecule has 2 aromatic carbocycles. The maximum absolute atomic E-state index is 15.8. The summed E-state index contributed by atoms with van der Waals surface area (Å²) in [7, 11) is 1.12. The molecular weight excluding hydrogens is 605 g/mol. The molecule has 1 N–H and O–H groups in total. The number of morpholine rings is 1. The summed E-state index contributed by atoms with van der Waals surface area (Å²) in [5.74, 6) is -3.03. The Labute approximate surface area is 251 Å². The van der Waals surface area contributed by atoms with Gasteiger partial charge in [0.25, 0.3) is 11.2 Å². The fourth-order valence-corrected chi connectivity index (χ4v) is 6.87. The van der Waals surface area contributed by atoms with Crippen molar-refractivity contribution in [1.29, 1.82) is 0 Å². The first-order valence-corrected chi connectivity index (χ1v) is 14.3. The van der Waals surface area contributed by atoms with Crippen LogP contribution in [-0.4, -0.2) is 83.0 Å². The van der Waals surface area contributed by atoms with Gasteiger partial charge in [-0.3, -0.25) is 9.80 Å². The van der Waals surface area contributed by atoms with Crippen molar-refractivity contribution in [1.82, 2.24) is 19.9 Å². The van der Waals surface area contributed by atoms with Gasteiger partial charge in [0.15, 0.2) is 23.1 Å². The molecule has 15 heteroatoms. The van der Waals surface area contributed by atoms with Gasteiger partial charge in [0.2, 0.25) is 6.79 Å². The average molecular weight is 629 g/mol. The van der Waals surface area contributed by atoms with Crippen molar-refractivity contribution in [2.24, 2.45) is 0 Å². The van der Waals surface area contributed by atoms with Gasteiger partial charge < -0.3 is 29.0 Å². The Hall–Kier alpha value is -4.44. The van der Waals surface area contributed by atoms with Gasteiger partial charge in [0.1, 0.15) is 12.3 Å². The highest BCUT2D eigenvalue weighted by Crippen LogP contribution is 2.52. The van der Waals surface area contributed by atoms with E-state index in [1.807, 2.05) is 0 Å². The summed E-state index contributed by atoms with van der Waals surface area (Å²) in [5.41, 5.74) is 1.06. The molecule has 1 aliphatic carbocycles. The number of ether oxygens (including phenoxy) is 4. The average Bonchev–Trinajstić information content (AvgIpc) is 3.37. The van der Waals surface area contributed by atoms with Crippen LogP contribution in [-0.2, 0) is 23.7 Å². The fraction of sp³-hybridized carbons (Fsp3) is 0.276. The van der Waals surface area contributed by atoms with E-state index in [1.165, 1.54) is 28.3 Å². The van der Waals surface area contributed by atoms with E-state index in [2.05, 4.69) is 9.72 Å². The topological polar surface area (TPSA) is 114 Å². The van der Waals surface area contributed by atoms with E-state index >= 15 is 4.39 Å². The van der Waals surface area contributed by atoms with Crippen LogP contribution in [0.5, 0.6) is 0 Å². The molecule has 3 aliphatic heterocycles. The molecule has 1 amide bonds. The second kappa shape index (κ2) is 10.9. The zero-order valence-corrected chi connectivity index (χ0v) is 23.7. The van der Waals surface area contributed by atoms with Gasteiger partial charge in [0.05, 0.1) is 36.9 Å². The van der Waals surface area contributed by atoms with Crippen LogP contribution in [0.2, 0.25) is 0 Å². The van der Waals surface area contributed by atoms with Crippen molar-refractivity contribution in [3.8, 4) is 21.7 Å². The molecule has 11 nitrogen and oxygen atoms in total. The van der Waals surface area contributed by atoms with E-state index in [1.54, 1.807) is 29.3 Å². The number of thiazole rings is 1. The molecule has 0 spiro atoms. The Morgan fingerprint density at radius 1 is 1.18 bits per heavy atom. The minimum atomic E-state index is -1.38. The van der Waals surface area contributed by atoms with Crippen LogP contribution in [0, 0.1) is 16.9 Å². The third kappa shape index (κ3) is 4.34. The highest BCUT2D eigenvalue weighted by molar-refractivity contribution is 7.14. The monoisotopic (exact) mass is 628 g/mol. The van der Waals surface area contributed by atoms with Crippen LogP contribution in [0.3, 0.4) is 0 Å². The highest BCUT2D eigenvalue weighted by atomic mass is 32.1. The largest absolute Gasteiger partial charge is 0.510 e. The summed E-state index contributed by atoms with van der Waals surface area (Å²) in [4.78, 5) is 31.4. The number of aliphatic hydroxyl groups is 1. The molecule has 1 aromatic heterocycles. The Kier molecular flexibility index (Phi) is 7.04. The second-order valence-electron chi connectivity index (χ2n) is 10.1. The Bertz CT molecular complexity index is 1750. The van der Waals surface area contributed by atoms with Gasteiger partial charge in [-0.05, 0) is 28.8 Å². The van der Waals surface area contributed by atoms with Gasteiger partial charge in [-0.25, -0.2) is 18.6 Å². The third-order valence-electron chi connectivity index (χ3n) is 7.84. The molecule has 2 saturated heterocycles. The van der Waals surface area contributed by atoms with E-state index in [9.17, 15) is 23.5 Å². The number of hydrogen-bond donors (Lipinski definition) is 1. The molecule has 7 rings (SSSR count). The van der Waals surface area contributed by atoms with Crippen LogP contribution in [0.1, 0.15) is 17.2 Å². The van der Waals surface area contributed by atoms with Gasteiger partial charge in [0, 0.05) is 18.3 Å². The quantitative estimate of drug-likeness (QED) is 0.338. The van der Waals surface area contributed by atoms with Crippen LogP contribution >= 0.6 is 11.3 Å². The zero-order chi connectivity index (χ0) is 30.7. The summed E-state index contributed by atoms with van der Waals surface area (Å²) in [6.07, 6.45) is -0.341. The van der Waals surface area contributed by atoms with E-state index in [0.717, 1.165) is 13.2 Å². The lowest BCUT2D eigenvalue weighted by Crippen LogP contribution is -2.68. The molecule has 44 heavy (non-hydrogen) atoms. The number of benzene rings is 2. The fourth-order valence-electron chi connectivity index (χ4n) is 6.03. The number of aromatic nitrogens is 1. The van der Waals surface area contributed by atoms with Crippen LogP contribution in [0.25, 0.3) is 21.7 Å². The maximum atomic E-state index is 15.8. The molecule has 0 saturated carbocycles. The van der Waals surface area contributed by atoms with Crippen molar-refractivity contribution in [2.45, 2.75) is 18.3 Å². The molecule has 4 heterocycles. The Balaban J connectivity index is 1.46. The summed E-state index contributed by atoms with van der Waals surface area (Å²) < 4.78 is 66.0. The minimum Gasteiger partial charge on any atom is -0.456 e.